The molecule has 13 heterocycles. The molecule has 1 aliphatic rings. The maximum absolute atomic E-state index is 13.1. The molecule has 12 aromatic rings. The van der Waals surface area contributed by atoms with Gasteiger partial charge < -0.3 is 34.1 Å². The van der Waals surface area contributed by atoms with Gasteiger partial charge in [-0.05, 0) is 97.0 Å². The highest BCUT2D eigenvalue weighted by molar-refractivity contribution is 5.70. The number of nitriles is 4. The van der Waals surface area contributed by atoms with E-state index in [4.69, 9.17) is 29.5 Å². The molecule has 95 heavy (non-hydrogen) atoms. The monoisotopic (exact) mass is 1290 g/mol. The van der Waals surface area contributed by atoms with Crippen molar-refractivity contribution in [3.8, 4) is 86.6 Å². The number of aromatic nitrogens is 12. The number of rotatable bonds is 11. The Morgan fingerprint density at radius 2 is 0.884 bits per heavy atom. The van der Waals surface area contributed by atoms with Gasteiger partial charge >= 0.3 is 0 Å². The van der Waals surface area contributed by atoms with Crippen LogP contribution in [0.3, 0.4) is 0 Å². The summed E-state index contributed by atoms with van der Waals surface area (Å²) in [4.78, 5) is 42.3. The molecule has 26 heteroatoms. The molecule has 0 amide bonds. The summed E-state index contributed by atoms with van der Waals surface area (Å²) in [5, 5.41) is 56.5. The molecule has 3 N–H and O–H groups in total. The Morgan fingerprint density at radius 1 is 0.537 bits per heavy atom. The number of H-pyrrole nitrogens is 1. The predicted octanol–water partition coefficient (Wildman–Crippen LogP) is 11.9. The largest absolute Gasteiger partial charge is 0.497 e. The van der Waals surface area contributed by atoms with Crippen molar-refractivity contribution in [2.24, 2.45) is 0 Å². The SMILES string of the molecule is C.CC.CC(C)(O)COc1cc(-c2ccc(F)nc2)n2c(C#N)cnc2c1.CC1(C)CO1.COc1cc(-c2ccc(F)nc2)n2c(C#N)cnc2c1.Cc1ccc(-c2cc(OCC(C)(C)O)cc3ncc(C#N)n23)cn1.N#Cc1c[nH]c2cc(=O)cc(-c3ccc(F)nc3)n12. The van der Waals surface area contributed by atoms with Crippen molar-refractivity contribution in [3.63, 3.8) is 0 Å². The lowest BCUT2D eigenvalue weighted by Crippen LogP contribution is -2.27. The number of nitrogens with one attached hydrogen (secondary N) is 1. The van der Waals surface area contributed by atoms with Crippen LogP contribution in [0, 0.1) is 70.1 Å². The van der Waals surface area contributed by atoms with E-state index in [0.717, 1.165) is 23.6 Å². The van der Waals surface area contributed by atoms with Gasteiger partial charge in [-0.1, -0.05) is 21.3 Å². The highest BCUT2D eigenvalue weighted by atomic mass is 19.1. The molecule has 0 bridgehead atoms. The fourth-order valence-electron chi connectivity index (χ4n) is 8.73. The number of epoxide rings is 1. The van der Waals surface area contributed by atoms with E-state index in [9.17, 15) is 38.7 Å². The van der Waals surface area contributed by atoms with Gasteiger partial charge in [-0.15, -0.1) is 0 Å². The van der Waals surface area contributed by atoms with Crippen LogP contribution in [0.25, 0.3) is 67.6 Å². The molecule has 1 fully saturated rings. The molecule has 0 saturated carbocycles. The van der Waals surface area contributed by atoms with E-state index in [0.29, 0.717) is 96.4 Å². The van der Waals surface area contributed by atoms with Crippen LogP contribution in [0.1, 0.15) is 91.3 Å². The highest BCUT2D eigenvalue weighted by Gasteiger charge is 2.32. The summed E-state index contributed by atoms with van der Waals surface area (Å²) in [7, 11) is 1.55. The lowest BCUT2D eigenvalue weighted by Gasteiger charge is -2.18. The number of methoxy groups -OCH3 is 1. The molecular formula is C69H67F3N16O7. The number of nitrogens with zero attached hydrogens (tertiary/aromatic N) is 15. The molecule has 0 aliphatic carbocycles. The van der Waals surface area contributed by atoms with Crippen molar-refractivity contribution in [1.82, 2.24) is 57.5 Å². The molecule has 486 valence electrons. The molecular weight excluding hydrogens is 1220 g/mol. The summed E-state index contributed by atoms with van der Waals surface area (Å²) in [6.45, 7) is 17.9. The molecule has 0 atom stereocenters. The molecule has 0 radical (unpaired) electrons. The van der Waals surface area contributed by atoms with Crippen molar-refractivity contribution in [2.75, 3.05) is 26.9 Å². The molecule has 13 rings (SSSR count). The first-order valence-electron chi connectivity index (χ1n) is 28.9. The number of aliphatic hydroxyl groups is 2. The smallest absolute Gasteiger partial charge is 0.212 e. The van der Waals surface area contributed by atoms with E-state index in [1.54, 1.807) is 101 Å². The number of pyridine rings is 8. The minimum atomic E-state index is -0.989. The number of aromatic amines is 1. The van der Waals surface area contributed by atoms with Crippen LogP contribution in [0.2, 0.25) is 0 Å². The normalized spacial score (nSPS) is 11.7. The van der Waals surface area contributed by atoms with Crippen LogP contribution in [0.4, 0.5) is 13.2 Å². The predicted molar refractivity (Wildman–Crippen MR) is 348 cm³/mol. The third kappa shape index (κ3) is 18.0. The summed E-state index contributed by atoms with van der Waals surface area (Å²) >= 11 is 0. The summed E-state index contributed by atoms with van der Waals surface area (Å²) in [6, 6.07) is 33.8. The Hall–Kier alpha value is -11.8. The average Bonchev–Trinajstić information content (AvgIpc) is 1.73. The van der Waals surface area contributed by atoms with Crippen molar-refractivity contribution >= 4 is 22.6 Å². The third-order valence-electron chi connectivity index (χ3n) is 13.3. The van der Waals surface area contributed by atoms with Gasteiger partial charge in [0, 0.05) is 107 Å². The van der Waals surface area contributed by atoms with Crippen LogP contribution in [-0.2, 0) is 4.74 Å². The van der Waals surface area contributed by atoms with Gasteiger partial charge in [-0.3, -0.25) is 27.4 Å². The minimum Gasteiger partial charge on any atom is -0.497 e. The molecule has 0 unspecified atom stereocenters. The van der Waals surface area contributed by atoms with Gasteiger partial charge in [0.2, 0.25) is 17.8 Å². The Labute approximate surface area is 544 Å². The number of halogens is 3. The van der Waals surface area contributed by atoms with E-state index in [1.807, 2.05) is 45.0 Å². The van der Waals surface area contributed by atoms with Crippen molar-refractivity contribution in [3.05, 3.63) is 203 Å². The lowest BCUT2D eigenvalue weighted by molar-refractivity contribution is 0.0282. The van der Waals surface area contributed by atoms with Crippen molar-refractivity contribution in [2.45, 2.75) is 86.5 Å². The zero-order valence-electron chi connectivity index (χ0n) is 52.8. The Kier molecular flexibility index (Phi) is 22.7. The maximum atomic E-state index is 13.1. The van der Waals surface area contributed by atoms with Gasteiger partial charge in [0.05, 0.1) is 71.9 Å². The quantitative estimate of drug-likeness (QED) is 0.0800. The average molecular weight is 1290 g/mol. The maximum Gasteiger partial charge on any atom is 0.212 e. The Morgan fingerprint density at radius 3 is 1.20 bits per heavy atom. The third-order valence-corrected chi connectivity index (χ3v) is 13.3. The topological polar surface area (TPSA) is 317 Å². The van der Waals surface area contributed by atoms with Gasteiger partial charge in [0.1, 0.15) is 100 Å². The molecule has 1 aliphatic heterocycles. The fourth-order valence-corrected chi connectivity index (χ4v) is 8.73. The highest BCUT2D eigenvalue weighted by Crippen LogP contribution is 2.31. The standard InChI is InChI=1S/C18H18N4O2.C17H15FN4O2.C14H9FN4O.C13H7FN4O.C4H8O.C2H6.CH4/c1-12-4-5-13(9-20-12)16-6-15(24-11-18(2,3)23)7-17-21-10-14(8-19)22(16)17;1-17(2,23)10-24-13-5-14(11-3-4-15(18)20-8-11)22-12(7-19)9-21-16(22)6-13;1-20-11-4-12(9-2-3-13(15)17-7-9)19-10(6-16)8-18-14(19)5-11;14-12-2-1-8(6-16-12)11-3-10(19)4-13-17-7-9(5-15)18(11)13;1-4(2)3-5-4;1-2;/h4-7,9-10,23H,11H2,1-3H3;3-6,8-9,23H,10H2,1-2H3;2-5,7-8H,1H3;1-4,6-7,17H;3H2,1-2H3;1-2H3;1H4. The van der Waals surface area contributed by atoms with E-state index in [1.165, 1.54) is 79.8 Å². The number of aryl methyl sites for hydroxylation is 1. The van der Waals surface area contributed by atoms with Crippen LogP contribution in [0.5, 0.6) is 17.2 Å². The van der Waals surface area contributed by atoms with Crippen LogP contribution in [-0.4, -0.2) is 111 Å². The van der Waals surface area contributed by atoms with Gasteiger partial charge in [-0.2, -0.15) is 34.2 Å². The Balaban J connectivity index is 0.000000173. The van der Waals surface area contributed by atoms with Crippen LogP contribution >= 0.6 is 0 Å². The van der Waals surface area contributed by atoms with Crippen LogP contribution < -0.4 is 19.6 Å². The van der Waals surface area contributed by atoms with E-state index < -0.39 is 29.0 Å². The number of hydrogen-bond acceptors (Lipinski definition) is 18. The second kappa shape index (κ2) is 30.5. The molecule has 1 saturated heterocycles. The second-order valence-electron chi connectivity index (χ2n) is 22.4. The summed E-state index contributed by atoms with van der Waals surface area (Å²) in [5.74, 6) is -0.0753. The number of imidazole rings is 4. The second-order valence-corrected chi connectivity index (χ2v) is 22.4. The first kappa shape index (κ1) is 70.6. The summed E-state index contributed by atoms with van der Waals surface area (Å²) < 4.78 is 67.0. The van der Waals surface area contributed by atoms with Crippen LogP contribution in [0.15, 0.2) is 151 Å². The van der Waals surface area contributed by atoms with Gasteiger partial charge in [-0.25, -0.2) is 29.9 Å². The van der Waals surface area contributed by atoms with Crippen molar-refractivity contribution < 1.29 is 42.3 Å². The first-order chi connectivity index (χ1) is 44.9. The number of hydrogen-bond donors (Lipinski definition) is 3. The molecule has 12 aromatic heterocycles. The Bertz CT molecular complexity index is 4710. The van der Waals surface area contributed by atoms with E-state index in [2.05, 4.69) is 71.9 Å². The first-order valence-corrected chi connectivity index (χ1v) is 28.9. The van der Waals surface area contributed by atoms with Gasteiger partial charge in [0.15, 0.2) is 5.43 Å². The zero-order chi connectivity index (χ0) is 68.1. The van der Waals surface area contributed by atoms with E-state index >= 15 is 0 Å². The number of ether oxygens (including phenoxy) is 4. The molecule has 0 spiro atoms. The molecule has 23 nitrogen and oxygen atoms in total. The van der Waals surface area contributed by atoms with E-state index in [-0.39, 0.29) is 31.7 Å². The lowest BCUT2D eigenvalue weighted by atomic mass is 10.1. The minimum absolute atomic E-state index is 0. The van der Waals surface area contributed by atoms with Crippen molar-refractivity contribution in [1.29, 1.82) is 21.0 Å². The fraction of sp³-hybridized carbons (Fsp3) is 0.246. The number of fused-ring (bicyclic) bond motifs is 4. The molecule has 0 aromatic carbocycles. The summed E-state index contributed by atoms with van der Waals surface area (Å²) in [5.41, 5.74) is 7.99. The van der Waals surface area contributed by atoms with Gasteiger partial charge in [0.25, 0.3) is 0 Å². The zero-order valence-corrected chi connectivity index (χ0v) is 52.8. The summed E-state index contributed by atoms with van der Waals surface area (Å²) in [6.07, 6.45) is 11.8.